The molecule has 4 aromatic rings. The lowest BCUT2D eigenvalue weighted by Gasteiger charge is -2.12. The van der Waals surface area contributed by atoms with Crippen LogP contribution in [0.1, 0.15) is 16.7 Å². The van der Waals surface area contributed by atoms with Gasteiger partial charge in [-0.2, -0.15) is 0 Å². The number of rotatable bonds is 10. The molecule has 4 rings (SSSR count). The fourth-order valence-electron chi connectivity index (χ4n) is 3.72. The largest absolute Gasteiger partial charge is 0.492 e. The first kappa shape index (κ1) is 19.3. The second-order valence-electron chi connectivity index (χ2n) is 7.30. The first-order valence-corrected chi connectivity index (χ1v) is 10.4. The standard InChI is InChI=1S/C26H28N2O/c1-2-7-21(8-3-1)15-17-27-19-20-29-26-12-5-4-9-23(26)14-13-22-10-6-11-25-24(22)16-18-28-25/h1-12,16,18,27-28H,13-15,17,19-20H2. The quantitative estimate of drug-likeness (QED) is 0.370. The van der Waals surface area contributed by atoms with Gasteiger partial charge in [0.05, 0.1) is 0 Å². The van der Waals surface area contributed by atoms with Crippen molar-refractivity contribution in [2.24, 2.45) is 0 Å². The fourth-order valence-corrected chi connectivity index (χ4v) is 3.72. The van der Waals surface area contributed by atoms with E-state index in [2.05, 4.69) is 89.2 Å². The number of aromatic amines is 1. The summed E-state index contributed by atoms with van der Waals surface area (Å²) in [6.07, 6.45) is 5.03. The molecule has 2 N–H and O–H groups in total. The van der Waals surface area contributed by atoms with Crippen LogP contribution < -0.4 is 10.1 Å². The Bertz CT molecular complexity index is 1020. The molecule has 1 aromatic heterocycles. The van der Waals surface area contributed by atoms with Gasteiger partial charge in [0.15, 0.2) is 0 Å². The molecular weight excluding hydrogens is 356 g/mol. The van der Waals surface area contributed by atoms with Gasteiger partial charge in [0.25, 0.3) is 0 Å². The van der Waals surface area contributed by atoms with Crippen LogP contribution >= 0.6 is 0 Å². The minimum Gasteiger partial charge on any atom is -0.492 e. The molecule has 0 aliphatic carbocycles. The molecule has 3 heteroatoms. The van der Waals surface area contributed by atoms with E-state index in [-0.39, 0.29) is 0 Å². The molecule has 1 heterocycles. The smallest absolute Gasteiger partial charge is 0.122 e. The highest BCUT2D eigenvalue weighted by molar-refractivity contribution is 5.82. The van der Waals surface area contributed by atoms with Gasteiger partial charge < -0.3 is 15.0 Å². The molecule has 148 valence electrons. The molecule has 0 saturated heterocycles. The van der Waals surface area contributed by atoms with Gasteiger partial charge in [-0.15, -0.1) is 0 Å². The van der Waals surface area contributed by atoms with Crippen molar-refractivity contribution in [3.63, 3.8) is 0 Å². The van der Waals surface area contributed by atoms with Crippen LogP contribution in [-0.2, 0) is 19.3 Å². The number of H-pyrrole nitrogens is 1. The molecular formula is C26H28N2O. The van der Waals surface area contributed by atoms with Gasteiger partial charge in [0, 0.05) is 23.6 Å². The Hall–Kier alpha value is -3.04. The van der Waals surface area contributed by atoms with Crippen LogP contribution in [0, 0.1) is 0 Å². The number of hydrogen-bond donors (Lipinski definition) is 2. The van der Waals surface area contributed by atoms with Crippen molar-refractivity contribution in [3.8, 4) is 5.75 Å². The Labute approximate surface area is 172 Å². The van der Waals surface area contributed by atoms with Gasteiger partial charge in [0.1, 0.15) is 12.4 Å². The SMILES string of the molecule is c1ccc(CCNCCOc2ccccc2CCc2cccc3[nH]ccc23)cc1. The first-order valence-electron chi connectivity index (χ1n) is 10.4. The highest BCUT2D eigenvalue weighted by Crippen LogP contribution is 2.23. The molecule has 0 spiro atoms. The predicted octanol–water partition coefficient (Wildman–Crippen LogP) is 5.16. The van der Waals surface area contributed by atoms with Crippen LogP contribution in [0.15, 0.2) is 85.1 Å². The number of aromatic nitrogens is 1. The topological polar surface area (TPSA) is 37.0 Å². The lowest BCUT2D eigenvalue weighted by molar-refractivity contribution is 0.311. The summed E-state index contributed by atoms with van der Waals surface area (Å²) in [5.41, 5.74) is 5.21. The van der Waals surface area contributed by atoms with E-state index in [1.54, 1.807) is 0 Å². The van der Waals surface area contributed by atoms with Gasteiger partial charge in [-0.3, -0.25) is 0 Å². The molecule has 0 radical (unpaired) electrons. The molecule has 0 atom stereocenters. The van der Waals surface area contributed by atoms with Gasteiger partial charge >= 0.3 is 0 Å². The summed E-state index contributed by atoms with van der Waals surface area (Å²) in [7, 11) is 0. The van der Waals surface area contributed by atoms with Crippen molar-refractivity contribution < 1.29 is 4.74 Å². The maximum atomic E-state index is 6.08. The summed E-state index contributed by atoms with van der Waals surface area (Å²) in [4.78, 5) is 3.29. The Morgan fingerprint density at radius 2 is 1.48 bits per heavy atom. The fraction of sp³-hybridized carbons (Fsp3) is 0.231. The Morgan fingerprint density at radius 3 is 2.41 bits per heavy atom. The first-order chi connectivity index (χ1) is 14.4. The average molecular weight is 385 g/mol. The van der Waals surface area contributed by atoms with Crippen molar-refractivity contribution in [1.29, 1.82) is 0 Å². The zero-order valence-corrected chi connectivity index (χ0v) is 16.7. The molecule has 0 saturated carbocycles. The molecule has 3 nitrogen and oxygen atoms in total. The summed E-state index contributed by atoms with van der Waals surface area (Å²) in [5.74, 6) is 0.999. The van der Waals surface area contributed by atoms with E-state index in [1.807, 2.05) is 6.20 Å². The van der Waals surface area contributed by atoms with E-state index in [0.717, 1.165) is 38.1 Å². The molecule has 0 bridgehead atoms. The highest BCUT2D eigenvalue weighted by atomic mass is 16.5. The second-order valence-corrected chi connectivity index (χ2v) is 7.30. The van der Waals surface area contributed by atoms with Crippen molar-refractivity contribution in [2.45, 2.75) is 19.3 Å². The van der Waals surface area contributed by atoms with Crippen LogP contribution in [-0.4, -0.2) is 24.7 Å². The van der Waals surface area contributed by atoms with E-state index in [9.17, 15) is 0 Å². The van der Waals surface area contributed by atoms with Crippen molar-refractivity contribution in [2.75, 3.05) is 19.7 Å². The third-order valence-corrected chi connectivity index (χ3v) is 5.29. The van der Waals surface area contributed by atoms with Crippen LogP contribution in [0.4, 0.5) is 0 Å². The summed E-state index contributed by atoms with van der Waals surface area (Å²) >= 11 is 0. The molecule has 0 aliphatic heterocycles. The van der Waals surface area contributed by atoms with Crippen LogP contribution in [0.3, 0.4) is 0 Å². The lowest BCUT2D eigenvalue weighted by atomic mass is 10.0. The van der Waals surface area contributed by atoms with Gasteiger partial charge in [-0.1, -0.05) is 60.7 Å². The van der Waals surface area contributed by atoms with Crippen LogP contribution in [0.2, 0.25) is 0 Å². The number of nitrogens with one attached hydrogen (secondary N) is 2. The van der Waals surface area contributed by atoms with E-state index >= 15 is 0 Å². The number of ether oxygens (including phenoxy) is 1. The normalized spacial score (nSPS) is 11.0. The van der Waals surface area contributed by atoms with Crippen molar-refractivity contribution >= 4 is 10.9 Å². The summed E-state index contributed by atoms with van der Waals surface area (Å²) in [5, 5.41) is 4.78. The maximum Gasteiger partial charge on any atom is 0.122 e. The number of benzene rings is 3. The number of aryl methyl sites for hydroxylation is 2. The Morgan fingerprint density at radius 1 is 0.690 bits per heavy atom. The Kier molecular flexibility index (Phi) is 6.61. The zero-order valence-electron chi connectivity index (χ0n) is 16.7. The predicted molar refractivity (Wildman–Crippen MR) is 121 cm³/mol. The van der Waals surface area contributed by atoms with E-state index in [1.165, 1.54) is 27.6 Å². The van der Waals surface area contributed by atoms with E-state index in [0.29, 0.717) is 6.61 Å². The molecule has 0 amide bonds. The van der Waals surface area contributed by atoms with Gasteiger partial charge in [0.2, 0.25) is 0 Å². The number of fused-ring (bicyclic) bond motifs is 1. The summed E-state index contributed by atoms with van der Waals surface area (Å²) in [6.45, 7) is 2.50. The highest BCUT2D eigenvalue weighted by Gasteiger charge is 2.06. The van der Waals surface area contributed by atoms with Crippen molar-refractivity contribution in [3.05, 3.63) is 102 Å². The average Bonchev–Trinajstić information content (AvgIpc) is 3.26. The molecule has 0 unspecified atom stereocenters. The minimum absolute atomic E-state index is 0.680. The van der Waals surface area contributed by atoms with Crippen LogP contribution in [0.5, 0.6) is 5.75 Å². The Balaban J connectivity index is 1.25. The van der Waals surface area contributed by atoms with Gasteiger partial charge in [-0.25, -0.2) is 0 Å². The van der Waals surface area contributed by atoms with E-state index < -0.39 is 0 Å². The zero-order chi connectivity index (χ0) is 19.7. The lowest BCUT2D eigenvalue weighted by Crippen LogP contribution is -2.23. The summed E-state index contributed by atoms with van der Waals surface area (Å²) < 4.78 is 6.08. The third-order valence-electron chi connectivity index (χ3n) is 5.29. The van der Waals surface area contributed by atoms with Crippen LogP contribution in [0.25, 0.3) is 10.9 Å². The number of para-hydroxylation sites is 1. The molecule has 29 heavy (non-hydrogen) atoms. The molecule has 0 fully saturated rings. The maximum absolute atomic E-state index is 6.08. The van der Waals surface area contributed by atoms with Crippen molar-refractivity contribution in [1.82, 2.24) is 10.3 Å². The minimum atomic E-state index is 0.680. The van der Waals surface area contributed by atoms with Gasteiger partial charge in [-0.05, 0) is 60.7 Å². The molecule has 0 aliphatic rings. The second kappa shape index (κ2) is 9.94. The monoisotopic (exact) mass is 384 g/mol. The number of hydrogen-bond acceptors (Lipinski definition) is 2. The summed E-state index contributed by atoms with van der Waals surface area (Å²) in [6, 6.07) is 27.6. The molecule has 3 aromatic carbocycles. The van der Waals surface area contributed by atoms with E-state index in [4.69, 9.17) is 4.74 Å². The third kappa shape index (κ3) is 5.27.